The smallest absolute Gasteiger partial charge is 0.274 e. The Hall–Kier alpha value is -2.07. The molecule has 1 aromatic heterocycles. The lowest BCUT2D eigenvalue weighted by Gasteiger charge is -2.28. The molecule has 4 nitrogen and oxygen atoms in total. The second-order valence-corrected chi connectivity index (χ2v) is 5.42. The van der Waals surface area contributed by atoms with Gasteiger partial charge in [-0.05, 0) is 23.8 Å². The summed E-state index contributed by atoms with van der Waals surface area (Å²) in [5.41, 5.74) is 1.07. The zero-order chi connectivity index (χ0) is 14.5. The van der Waals surface area contributed by atoms with Gasteiger partial charge in [0.1, 0.15) is 13.1 Å². The highest BCUT2D eigenvalue weighted by atomic mass is 35.5. The van der Waals surface area contributed by atoms with E-state index in [0.717, 1.165) is 36.8 Å². The number of hydrazone groups is 1. The number of rotatable bonds is 3. The van der Waals surface area contributed by atoms with Crippen molar-refractivity contribution in [2.24, 2.45) is 5.10 Å². The first kappa shape index (κ1) is 13.9. The number of benzene rings is 1. The van der Waals surface area contributed by atoms with Crippen LogP contribution in [0.5, 0.6) is 0 Å². The highest BCUT2D eigenvalue weighted by Crippen LogP contribution is 2.11. The molecule has 0 aliphatic carbocycles. The first-order chi connectivity index (χ1) is 10.3. The van der Waals surface area contributed by atoms with E-state index in [1.807, 2.05) is 42.7 Å². The number of H-pyrrole nitrogens is 1. The fraction of sp³-hybridized carbons (Fsp3) is 0.250. The highest BCUT2D eigenvalue weighted by Gasteiger charge is 2.21. The summed E-state index contributed by atoms with van der Waals surface area (Å²) in [6.45, 7) is 3.79. The van der Waals surface area contributed by atoms with Crippen molar-refractivity contribution < 1.29 is 4.98 Å². The molecule has 1 saturated heterocycles. The standard InChI is InChI=1S/C16H17ClN4/c17-15-6-4-14(5-7-15)13-19-21-11-9-20(10-12-21)16-3-1-2-8-18-16/h1-8,13H,9-12H2/p+1. The number of aromatic nitrogens is 1. The van der Waals surface area contributed by atoms with Crippen molar-refractivity contribution in [3.8, 4) is 0 Å². The van der Waals surface area contributed by atoms with E-state index in [2.05, 4.69) is 32.1 Å². The molecule has 0 spiro atoms. The van der Waals surface area contributed by atoms with Gasteiger partial charge in [0, 0.05) is 11.1 Å². The van der Waals surface area contributed by atoms with Crippen molar-refractivity contribution in [2.45, 2.75) is 0 Å². The van der Waals surface area contributed by atoms with Gasteiger partial charge in [0.25, 0.3) is 5.82 Å². The number of anilines is 1. The van der Waals surface area contributed by atoms with Crippen LogP contribution in [0.2, 0.25) is 5.02 Å². The van der Waals surface area contributed by atoms with Gasteiger partial charge in [-0.15, -0.1) is 0 Å². The zero-order valence-electron chi connectivity index (χ0n) is 11.7. The third-order valence-electron chi connectivity index (χ3n) is 3.53. The summed E-state index contributed by atoms with van der Waals surface area (Å²) in [6.07, 6.45) is 3.85. The Bertz CT molecular complexity index is 589. The first-order valence-electron chi connectivity index (χ1n) is 7.07. The second-order valence-electron chi connectivity index (χ2n) is 4.98. The third-order valence-corrected chi connectivity index (χ3v) is 3.78. The molecule has 0 unspecified atom stereocenters. The largest absolute Gasteiger partial charge is 0.289 e. The Kier molecular flexibility index (Phi) is 4.36. The van der Waals surface area contributed by atoms with E-state index >= 15 is 0 Å². The van der Waals surface area contributed by atoms with E-state index in [-0.39, 0.29) is 0 Å². The van der Waals surface area contributed by atoms with E-state index < -0.39 is 0 Å². The Balaban J connectivity index is 1.55. The number of halogens is 1. The maximum Gasteiger partial charge on any atom is 0.274 e. The summed E-state index contributed by atoms with van der Waals surface area (Å²) in [6, 6.07) is 13.9. The lowest BCUT2D eigenvalue weighted by molar-refractivity contribution is -0.364. The van der Waals surface area contributed by atoms with Crippen LogP contribution in [0, 0.1) is 0 Å². The third kappa shape index (κ3) is 3.73. The highest BCUT2D eigenvalue weighted by molar-refractivity contribution is 6.30. The van der Waals surface area contributed by atoms with Gasteiger partial charge in [-0.3, -0.25) is 9.91 Å². The van der Waals surface area contributed by atoms with Crippen LogP contribution in [0.15, 0.2) is 53.8 Å². The van der Waals surface area contributed by atoms with Crippen molar-refractivity contribution in [3.05, 3.63) is 59.2 Å². The molecule has 2 aromatic rings. The molecule has 0 radical (unpaired) electrons. The summed E-state index contributed by atoms with van der Waals surface area (Å²) >= 11 is 5.87. The lowest BCUT2D eigenvalue weighted by atomic mass is 10.2. The molecule has 21 heavy (non-hydrogen) atoms. The van der Waals surface area contributed by atoms with Gasteiger partial charge in [0.2, 0.25) is 0 Å². The fourth-order valence-electron chi connectivity index (χ4n) is 2.33. The van der Waals surface area contributed by atoms with E-state index in [0.29, 0.717) is 0 Å². The summed E-state index contributed by atoms with van der Waals surface area (Å²) < 4.78 is 0. The summed E-state index contributed by atoms with van der Waals surface area (Å²) in [5.74, 6) is 1.17. The van der Waals surface area contributed by atoms with Gasteiger partial charge < -0.3 is 0 Å². The molecule has 3 rings (SSSR count). The number of piperazine rings is 1. The minimum absolute atomic E-state index is 0.750. The number of nitrogens with zero attached hydrogens (tertiary/aromatic N) is 3. The summed E-state index contributed by atoms with van der Waals surface area (Å²) in [5, 5.41) is 7.39. The monoisotopic (exact) mass is 301 g/mol. The summed E-state index contributed by atoms with van der Waals surface area (Å²) in [4.78, 5) is 5.61. The van der Waals surface area contributed by atoms with Gasteiger partial charge in [-0.25, -0.2) is 4.98 Å². The molecule has 0 atom stereocenters. The maximum absolute atomic E-state index is 5.87. The van der Waals surface area contributed by atoms with Crippen LogP contribution in [0.4, 0.5) is 5.82 Å². The number of pyridine rings is 1. The maximum atomic E-state index is 5.87. The van der Waals surface area contributed by atoms with E-state index in [4.69, 9.17) is 11.6 Å². The van der Waals surface area contributed by atoms with Crippen LogP contribution in [0.3, 0.4) is 0 Å². The first-order valence-corrected chi connectivity index (χ1v) is 7.45. The van der Waals surface area contributed by atoms with Crippen molar-refractivity contribution in [1.82, 2.24) is 5.01 Å². The minimum Gasteiger partial charge on any atom is -0.289 e. The molecule has 108 valence electrons. The molecule has 1 aliphatic rings. The zero-order valence-corrected chi connectivity index (χ0v) is 12.5. The fourth-order valence-corrected chi connectivity index (χ4v) is 2.46. The van der Waals surface area contributed by atoms with Gasteiger partial charge in [-0.2, -0.15) is 5.10 Å². The van der Waals surface area contributed by atoms with Gasteiger partial charge in [-0.1, -0.05) is 29.8 Å². The Morgan fingerprint density at radius 3 is 2.43 bits per heavy atom. The molecule has 1 N–H and O–H groups in total. The molecular formula is C16H18ClN4+. The average molecular weight is 302 g/mol. The average Bonchev–Trinajstić information content (AvgIpc) is 2.56. The van der Waals surface area contributed by atoms with Crippen LogP contribution >= 0.6 is 11.6 Å². The Labute approximate surface area is 129 Å². The number of hydrogen-bond acceptors (Lipinski definition) is 3. The Morgan fingerprint density at radius 1 is 1.00 bits per heavy atom. The molecule has 0 bridgehead atoms. The molecule has 2 heterocycles. The predicted molar refractivity (Wildman–Crippen MR) is 85.8 cm³/mol. The molecule has 0 saturated carbocycles. The topological polar surface area (TPSA) is 33.0 Å². The van der Waals surface area contributed by atoms with Gasteiger partial charge in [0.05, 0.1) is 25.5 Å². The normalized spacial score (nSPS) is 15.7. The number of hydrogen-bond donors (Lipinski definition) is 0. The molecular weight excluding hydrogens is 284 g/mol. The molecule has 1 fully saturated rings. The lowest BCUT2D eigenvalue weighted by Crippen LogP contribution is -2.45. The van der Waals surface area contributed by atoms with Crippen molar-refractivity contribution in [3.63, 3.8) is 0 Å². The SMILES string of the molecule is Clc1ccc(C=NN2CCN(c3cccc[nH+]3)CC2)cc1. The van der Waals surface area contributed by atoms with E-state index in [1.54, 1.807) is 0 Å². The van der Waals surface area contributed by atoms with E-state index in [9.17, 15) is 0 Å². The van der Waals surface area contributed by atoms with Crippen molar-refractivity contribution >= 4 is 23.6 Å². The van der Waals surface area contributed by atoms with Gasteiger partial charge in [0.15, 0.2) is 0 Å². The van der Waals surface area contributed by atoms with Crippen molar-refractivity contribution in [1.29, 1.82) is 0 Å². The molecule has 1 aliphatic heterocycles. The molecule has 5 heteroatoms. The Morgan fingerprint density at radius 2 is 1.76 bits per heavy atom. The van der Waals surface area contributed by atoms with Crippen LogP contribution in [-0.4, -0.2) is 37.4 Å². The quantitative estimate of drug-likeness (QED) is 0.815. The second kappa shape index (κ2) is 6.59. The van der Waals surface area contributed by atoms with Crippen LogP contribution in [0.1, 0.15) is 5.56 Å². The number of aromatic amines is 1. The minimum atomic E-state index is 0.750. The van der Waals surface area contributed by atoms with Crippen LogP contribution < -0.4 is 9.88 Å². The van der Waals surface area contributed by atoms with Gasteiger partial charge >= 0.3 is 0 Å². The molecule has 0 amide bonds. The number of nitrogens with one attached hydrogen (secondary N) is 1. The van der Waals surface area contributed by atoms with E-state index in [1.165, 1.54) is 5.82 Å². The van der Waals surface area contributed by atoms with Crippen LogP contribution in [0.25, 0.3) is 0 Å². The molecule has 1 aromatic carbocycles. The predicted octanol–water partition coefficient (Wildman–Crippen LogP) is 2.31. The summed E-state index contributed by atoms with van der Waals surface area (Å²) in [7, 11) is 0. The van der Waals surface area contributed by atoms with Crippen molar-refractivity contribution in [2.75, 3.05) is 31.1 Å². The van der Waals surface area contributed by atoms with Crippen LogP contribution in [-0.2, 0) is 0 Å².